The lowest BCUT2D eigenvalue weighted by atomic mass is 10.1. The van der Waals surface area contributed by atoms with E-state index < -0.39 is 0 Å². The quantitative estimate of drug-likeness (QED) is 0.728. The highest BCUT2D eigenvalue weighted by molar-refractivity contribution is 7.10. The molecule has 0 fully saturated rings. The Morgan fingerprint density at radius 3 is 2.60 bits per heavy atom. The van der Waals surface area contributed by atoms with Crippen LogP contribution in [0.2, 0.25) is 0 Å². The Bertz CT molecular complexity index is 510. The first-order chi connectivity index (χ1) is 7.08. The molecule has 3 nitrogen and oxygen atoms in total. The van der Waals surface area contributed by atoms with Crippen molar-refractivity contribution in [3.63, 3.8) is 0 Å². The number of nitrogens with zero attached hydrogens (tertiary/aromatic N) is 2. The lowest BCUT2D eigenvalue weighted by Gasteiger charge is -1.97. The van der Waals surface area contributed by atoms with Crippen molar-refractivity contribution in [2.75, 3.05) is 0 Å². The molecule has 78 valence electrons. The molecule has 0 aliphatic carbocycles. The smallest absolute Gasteiger partial charge is 0.211 e. The summed E-state index contributed by atoms with van der Waals surface area (Å²) in [7, 11) is 1.79. The maximum Gasteiger partial charge on any atom is 0.211 e. The highest BCUT2D eigenvalue weighted by Gasteiger charge is 2.14. The molecule has 0 N–H and O–H groups in total. The van der Waals surface area contributed by atoms with Crippen molar-refractivity contribution in [2.24, 2.45) is 7.05 Å². The first-order valence-corrected chi connectivity index (χ1v) is 5.56. The second-order valence-corrected chi connectivity index (χ2v) is 4.69. The molecule has 2 aromatic rings. The van der Waals surface area contributed by atoms with Crippen molar-refractivity contribution in [1.29, 1.82) is 0 Å². The average molecular weight is 220 g/mol. The lowest BCUT2D eigenvalue weighted by molar-refractivity contribution is 0.103. The molecule has 0 spiro atoms. The van der Waals surface area contributed by atoms with Gasteiger partial charge < -0.3 is 0 Å². The zero-order valence-electron chi connectivity index (χ0n) is 8.94. The van der Waals surface area contributed by atoms with Gasteiger partial charge in [0.15, 0.2) is 0 Å². The second-order valence-electron chi connectivity index (χ2n) is 3.57. The first-order valence-electron chi connectivity index (χ1n) is 4.68. The van der Waals surface area contributed by atoms with Crippen LogP contribution in [0.1, 0.15) is 26.6 Å². The maximum absolute atomic E-state index is 12.0. The predicted octanol–water partition coefficient (Wildman–Crippen LogP) is 2.33. The summed E-state index contributed by atoms with van der Waals surface area (Å²) in [5, 5.41) is 6.05. The molecule has 0 bridgehead atoms. The van der Waals surface area contributed by atoms with Crippen LogP contribution in [0.5, 0.6) is 0 Å². The minimum Gasteiger partial charge on any atom is -0.287 e. The van der Waals surface area contributed by atoms with E-state index >= 15 is 0 Å². The van der Waals surface area contributed by atoms with Gasteiger partial charge in [0.1, 0.15) is 5.69 Å². The number of carbonyl (C=O) groups excluding carboxylic acids is 1. The molecular weight excluding hydrogens is 208 g/mol. The summed E-state index contributed by atoms with van der Waals surface area (Å²) >= 11 is 1.59. The Morgan fingerprint density at radius 2 is 2.13 bits per heavy atom. The van der Waals surface area contributed by atoms with Crippen molar-refractivity contribution in [3.8, 4) is 0 Å². The van der Waals surface area contributed by atoms with E-state index in [1.165, 1.54) is 0 Å². The summed E-state index contributed by atoms with van der Waals surface area (Å²) < 4.78 is 1.63. The van der Waals surface area contributed by atoms with Gasteiger partial charge in [-0.05, 0) is 26.0 Å². The van der Waals surface area contributed by atoms with Gasteiger partial charge in [0.05, 0.1) is 5.69 Å². The molecule has 0 saturated heterocycles. The van der Waals surface area contributed by atoms with E-state index in [4.69, 9.17) is 0 Å². The number of aryl methyl sites for hydroxylation is 3. The second kappa shape index (κ2) is 3.62. The lowest BCUT2D eigenvalue weighted by Crippen LogP contribution is -2.07. The van der Waals surface area contributed by atoms with Crippen molar-refractivity contribution in [3.05, 3.63) is 39.3 Å². The largest absolute Gasteiger partial charge is 0.287 e. The fourth-order valence-electron chi connectivity index (χ4n) is 1.53. The summed E-state index contributed by atoms with van der Waals surface area (Å²) in [6.45, 7) is 3.88. The normalized spacial score (nSPS) is 10.6. The Morgan fingerprint density at radius 1 is 1.40 bits per heavy atom. The fraction of sp³-hybridized carbons (Fsp3) is 0.273. The average Bonchev–Trinajstić information content (AvgIpc) is 2.71. The van der Waals surface area contributed by atoms with Crippen LogP contribution in [-0.2, 0) is 7.05 Å². The number of hydrogen-bond acceptors (Lipinski definition) is 3. The van der Waals surface area contributed by atoms with Crippen LogP contribution in [0.4, 0.5) is 0 Å². The standard InChI is InChI=1S/C11H12N2OS/c1-7-4-10(13(3)12-7)11(14)9-5-8(2)15-6-9/h4-6H,1-3H3. The Labute approximate surface area is 92.4 Å². The molecule has 0 amide bonds. The van der Waals surface area contributed by atoms with Crippen LogP contribution in [-0.4, -0.2) is 15.6 Å². The summed E-state index contributed by atoms with van der Waals surface area (Å²) in [5.41, 5.74) is 2.26. The van der Waals surface area contributed by atoms with Crippen LogP contribution in [0.25, 0.3) is 0 Å². The van der Waals surface area contributed by atoms with Crippen molar-refractivity contribution in [2.45, 2.75) is 13.8 Å². The summed E-state index contributed by atoms with van der Waals surface area (Å²) in [4.78, 5) is 13.2. The van der Waals surface area contributed by atoms with Gasteiger partial charge in [-0.1, -0.05) is 0 Å². The molecule has 4 heteroatoms. The van der Waals surface area contributed by atoms with Gasteiger partial charge in [-0.25, -0.2) is 0 Å². The molecule has 2 rings (SSSR count). The zero-order chi connectivity index (χ0) is 11.0. The van der Waals surface area contributed by atoms with Gasteiger partial charge in [0.2, 0.25) is 5.78 Å². The van der Waals surface area contributed by atoms with E-state index in [0.717, 1.165) is 16.1 Å². The third-order valence-corrected chi connectivity index (χ3v) is 3.09. The van der Waals surface area contributed by atoms with Crippen molar-refractivity contribution in [1.82, 2.24) is 9.78 Å². The topological polar surface area (TPSA) is 34.9 Å². The SMILES string of the molecule is Cc1cc(C(=O)c2csc(C)c2)n(C)n1. The molecule has 2 aromatic heterocycles. The number of carbonyl (C=O) groups is 1. The van der Waals surface area contributed by atoms with E-state index in [2.05, 4.69) is 5.10 Å². The zero-order valence-corrected chi connectivity index (χ0v) is 9.76. The Kier molecular flexibility index (Phi) is 2.44. The van der Waals surface area contributed by atoms with Crippen molar-refractivity contribution >= 4 is 17.1 Å². The Hall–Kier alpha value is -1.42. The third-order valence-electron chi connectivity index (χ3n) is 2.23. The monoisotopic (exact) mass is 220 g/mol. The highest BCUT2D eigenvalue weighted by Crippen LogP contribution is 2.17. The number of aromatic nitrogens is 2. The van der Waals surface area contributed by atoms with Gasteiger partial charge in [-0.2, -0.15) is 5.10 Å². The fourth-order valence-corrected chi connectivity index (χ4v) is 2.22. The minimum absolute atomic E-state index is 0.0439. The highest BCUT2D eigenvalue weighted by atomic mass is 32.1. The van der Waals surface area contributed by atoms with Crippen molar-refractivity contribution < 1.29 is 4.79 Å². The van der Waals surface area contributed by atoms with E-state index in [1.54, 1.807) is 23.1 Å². The van der Waals surface area contributed by atoms with Crippen LogP contribution in [0, 0.1) is 13.8 Å². The number of rotatable bonds is 2. The van der Waals surface area contributed by atoms with E-state index in [-0.39, 0.29) is 5.78 Å². The summed E-state index contributed by atoms with van der Waals surface area (Å²) in [5.74, 6) is 0.0439. The first kappa shape index (κ1) is 10.1. The van der Waals surface area contributed by atoms with E-state index in [1.807, 2.05) is 31.4 Å². The molecule has 15 heavy (non-hydrogen) atoms. The number of hydrogen-bond donors (Lipinski definition) is 0. The molecule has 0 saturated carbocycles. The predicted molar refractivity (Wildman–Crippen MR) is 60.4 cm³/mol. The number of thiophene rings is 1. The minimum atomic E-state index is 0.0439. The van der Waals surface area contributed by atoms with Crippen LogP contribution in [0.15, 0.2) is 17.5 Å². The molecule has 0 unspecified atom stereocenters. The molecule has 0 aliphatic rings. The van der Waals surface area contributed by atoms with Gasteiger partial charge >= 0.3 is 0 Å². The molecule has 0 radical (unpaired) electrons. The van der Waals surface area contributed by atoms with Crippen LogP contribution < -0.4 is 0 Å². The molecule has 0 aromatic carbocycles. The van der Waals surface area contributed by atoms with Gasteiger partial charge in [0, 0.05) is 22.9 Å². The van der Waals surface area contributed by atoms with Gasteiger partial charge in [0.25, 0.3) is 0 Å². The molecule has 2 heterocycles. The molecule has 0 aliphatic heterocycles. The maximum atomic E-state index is 12.0. The molecule has 0 atom stereocenters. The van der Waals surface area contributed by atoms with Crippen LogP contribution in [0.3, 0.4) is 0 Å². The third kappa shape index (κ3) is 1.85. The van der Waals surface area contributed by atoms with E-state index in [9.17, 15) is 4.79 Å². The van der Waals surface area contributed by atoms with E-state index in [0.29, 0.717) is 5.69 Å². The molecular formula is C11H12N2OS. The Balaban J connectivity index is 2.40. The summed E-state index contributed by atoms with van der Waals surface area (Å²) in [6, 6.07) is 3.73. The van der Waals surface area contributed by atoms with Gasteiger partial charge in [-0.3, -0.25) is 9.48 Å². The van der Waals surface area contributed by atoms with Crippen LogP contribution >= 0.6 is 11.3 Å². The summed E-state index contributed by atoms with van der Waals surface area (Å²) in [6.07, 6.45) is 0. The number of ketones is 1. The van der Waals surface area contributed by atoms with Gasteiger partial charge in [-0.15, -0.1) is 11.3 Å².